The second kappa shape index (κ2) is 13.8. The highest BCUT2D eigenvalue weighted by Crippen LogP contribution is 2.51. The van der Waals surface area contributed by atoms with Gasteiger partial charge < -0.3 is 0 Å². The highest BCUT2D eigenvalue weighted by molar-refractivity contribution is 8.00. The maximum Gasteiger partial charge on any atom is 0.0715 e. The van der Waals surface area contributed by atoms with Gasteiger partial charge in [-0.3, -0.25) is 0 Å². The van der Waals surface area contributed by atoms with Crippen LogP contribution in [0.25, 0.3) is 83.5 Å². The van der Waals surface area contributed by atoms with Crippen molar-refractivity contribution in [2.45, 2.75) is 10.1 Å². The lowest BCUT2D eigenvalue weighted by Crippen LogP contribution is -2.00. The van der Waals surface area contributed by atoms with Gasteiger partial charge in [-0.2, -0.15) is 0 Å². The molecular formula is C52H35NS. The van der Waals surface area contributed by atoms with Crippen LogP contribution in [0.1, 0.15) is 16.4 Å². The van der Waals surface area contributed by atoms with Crippen molar-refractivity contribution >= 4 is 39.4 Å². The molecule has 9 aromatic rings. The Morgan fingerprint density at radius 2 is 0.981 bits per heavy atom. The molecule has 0 amide bonds. The first-order chi connectivity index (χ1) is 26.8. The van der Waals surface area contributed by atoms with E-state index in [0.29, 0.717) is 0 Å². The molecule has 2 heteroatoms. The Hall–Kier alpha value is -6.48. The summed E-state index contributed by atoms with van der Waals surface area (Å²) in [5.74, 6) is 0. The van der Waals surface area contributed by atoms with E-state index in [-0.39, 0.29) is 5.25 Å². The first-order valence-electron chi connectivity index (χ1n) is 18.5. The van der Waals surface area contributed by atoms with Crippen molar-refractivity contribution in [1.29, 1.82) is 0 Å². The average Bonchev–Trinajstić information content (AvgIpc) is 3.26. The van der Waals surface area contributed by atoms with E-state index in [2.05, 4.69) is 206 Å². The van der Waals surface area contributed by atoms with Crippen LogP contribution >= 0.6 is 11.8 Å². The fourth-order valence-corrected chi connectivity index (χ4v) is 9.18. The van der Waals surface area contributed by atoms with E-state index in [4.69, 9.17) is 4.98 Å². The lowest BCUT2D eigenvalue weighted by Gasteiger charge is -2.25. The van der Waals surface area contributed by atoms with Crippen LogP contribution < -0.4 is 0 Å². The third-order valence-corrected chi connectivity index (χ3v) is 11.9. The summed E-state index contributed by atoms with van der Waals surface area (Å²) in [6, 6.07) is 70.0. The molecule has 1 nitrogen and oxygen atoms in total. The molecule has 2 heterocycles. The monoisotopic (exact) mass is 705 g/mol. The van der Waals surface area contributed by atoms with E-state index in [1.54, 1.807) is 0 Å². The molecule has 254 valence electrons. The van der Waals surface area contributed by atoms with Crippen LogP contribution in [-0.2, 0) is 0 Å². The Labute approximate surface area is 320 Å². The van der Waals surface area contributed by atoms with Crippen LogP contribution in [0.4, 0.5) is 0 Å². The Morgan fingerprint density at radius 3 is 1.70 bits per heavy atom. The summed E-state index contributed by atoms with van der Waals surface area (Å²) in [4.78, 5) is 6.54. The maximum absolute atomic E-state index is 5.20. The van der Waals surface area contributed by atoms with Crippen molar-refractivity contribution in [1.82, 2.24) is 4.98 Å². The molecule has 1 aromatic heterocycles. The quantitative estimate of drug-likeness (QED) is 0.171. The first-order valence-corrected chi connectivity index (χ1v) is 19.4. The Kier molecular flexibility index (Phi) is 8.24. The highest BCUT2D eigenvalue weighted by atomic mass is 32.2. The average molecular weight is 706 g/mol. The van der Waals surface area contributed by atoms with E-state index in [1.807, 2.05) is 11.8 Å². The van der Waals surface area contributed by atoms with Gasteiger partial charge in [-0.1, -0.05) is 188 Å². The third-order valence-electron chi connectivity index (χ3n) is 10.5. The third kappa shape index (κ3) is 5.91. The highest BCUT2D eigenvalue weighted by Gasteiger charge is 2.24. The minimum absolute atomic E-state index is 0.258. The minimum Gasteiger partial charge on any atom is -0.248 e. The van der Waals surface area contributed by atoms with Crippen molar-refractivity contribution in [2.24, 2.45) is 0 Å². The lowest BCUT2D eigenvalue weighted by atomic mass is 9.86. The molecule has 0 aliphatic carbocycles. The summed E-state index contributed by atoms with van der Waals surface area (Å²) < 4.78 is 0. The molecule has 0 unspecified atom stereocenters. The van der Waals surface area contributed by atoms with Gasteiger partial charge in [-0.05, 0) is 84.3 Å². The van der Waals surface area contributed by atoms with Gasteiger partial charge in [-0.25, -0.2) is 4.98 Å². The van der Waals surface area contributed by atoms with Gasteiger partial charge in [-0.15, -0.1) is 11.8 Å². The molecule has 0 radical (unpaired) electrons. The zero-order valence-corrected chi connectivity index (χ0v) is 30.4. The minimum atomic E-state index is 0.258. The van der Waals surface area contributed by atoms with Gasteiger partial charge in [0.05, 0.1) is 16.6 Å². The fraction of sp³-hybridized carbons (Fsp3) is 0.0192. The molecule has 8 aromatic carbocycles. The van der Waals surface area contributed by atoms with Crippen LogP contribution in [0.2, 0.25) is 0 Å². The molecule has 0 saturated carbocycles. The maximum atomic E-state index is 5.20. The predicted molar refractivity (Wildman–Crippen MR) is 231 cm³/mol. The van der Waals surface area contributed by atoms with Gasteiger partial charge in [0.25, 0.3) is 0 Å². The summed E-state index contributed by atoms with van der Waals surface area (Å²) >= 11 is 1.96. The van der Waals surface area contributed by atoms with Gasteiger partial charge in [0, 0.05) is 16.0 Å². The van der Waals surface area contributed by atoms with E-state index < -0.39 is 0 Å². The number of aromatic nitrogens is 1. The van der Waals surface area contributed by atoms with E-state index in [0.717, 1.165) is 28.1 Å². The number of nitrogens with zero attached hydrogens (tertiary/aromatic N) is 1. The normalized spacial score (nSPS) is 13.6. The molecule has 0 fully saturated rings. The standard InChI is InChI=1S/C52H35NS/c1-4-14-35(15-5-1)42-33-48(38-17-6-2-7-18-38)53-49(34-42)39-26-24-37(25-27-39)44-29-28-36-16-10-12-22-43(36)51(44)47-32-41-21-11-13-23-45(41)52-46(47)30-31-50(54-52)40-19-8-3-9-20-40/h1-34,50H/t50-/m0/s1. The number of thioether (sulfide) groups is 1. The number of benzene rings is 8. The lowest BCUT2D eigenvalue weighted by molar-refractivity contribution is 1.21. The van der Waals surface area contributed by atoms with E-state index in [9.17, 15) is 0 Å². The van der Waals surface area contributed by atoms with Gasteiger partial charge in [0.1, 0.15) is 0 Å². The predicted octanol–water partition coefficient (Wildman–Crippen LogP) is 14.6. The Morgan fingerprint density at radius 1 is 0.407 bits per heavy atom. The van der Waals surface area contributed by atoms with Gasteiger partial charge in [0.2, 0.25) is 0 Å². The van der Waals surface area contributed by atoms with Crippen molar-refractivity contribution in [3.05, 3.63) is 211 Å². The molecule has 1 atom stereocenters. The van der Waals surface area contributed by atoms with Crippen LogP contribution in [0.15, 0.2) is 205 Å². The SMILES string of the molecule is C1=C[C@@H](c2ccccc2)Sc2c1c(-c1c(-c3ccc(-c4cc(-c5ccccc5)cc(-c5ccccc5)n4)cc3)ccc3ccccc13)cc1ccccc21. The zero-order chi connectivity index (χ0) is 35.8. The van der Waals surface area contributed by atoms with Crippen molar-refractivity contribution in [2.75, 3.05) is 0 Å². The molecule has 1 aliphatic rings. The number of hydrogen-bond acceptors (Lipinski definition) is 2. The smallest absolute Gasteiger partial charge is 0.0715 e. The molecule has 10 rings (SSSR count). The molecule has 1 aliphatic heterocycles. The topological polar surface area (TPSA) is 12.9 Å². The number of hydrogen-bond donors (Lipinski definition) is 0. The molecule has 0 spiro atoms. The molecule has 54 heavy (non-hydrogen) atoms. The van der Waals surface area contributed by atoms with Crippen molar-refractivity contribution < 1.29 is 0 Å². The van der Waals surface area contributed by atoms with E-state index >= 15 is 0 Å². The fourth-order valence-electron chi connectivity index (χ4n) is 7.86. The van der Waals surface area contributed by atoms with Crippen LogP contribution in [0.3, 0.4) is 0 Å². The molecular weight excluding hydrogens is 671 g/mol. The zero-order valence-electron chi connectivity index (χ0n) is 29.6. The second-order valence-corrected chi connectivity index (χ2v) is 15.0. The summed E-state index contributed by atoms with van der Waals surface area (Å²) in [6.45, 7) is 0. The molecule has 0 bridgehead atoms. The summed E-state index contributed by atoms with van der Waals surface area (Å²) in [5.41, 5.74) is 14.0. The second-order valence-electron chi connectivity index (χ2n) is 13.8. The number of rotatable bonds is 6. The Balaban J connectivity index is 1.13. The Bertz CT molecular complexity index is 2770. The number of fused-ring (bicyclic) bond motifs is 4. The summed E-state index contributed by atoms with van der Waals surface area (Å²) in [7, 11) is 0. The first kappa shape index (κ1) is 32.2. The number of pyridine rings is 1. The largest absolute Gasteiger partial charge is 0.248 e. The van der Waals surface area contributed by atoms with Crippen LogP contribution in [0, 0.1) is 0 Å². The van der Waals surface area contributed by atoms with Crippen LogP contribution in [0.5, 0.6) is 0 Å². The summed E-state index contributed by atoms with van der Waals surface area (Å²) in [5, 5.41) is 5.31. The van der Waals surface area contributed by atoms with Crippen molar-refractivity contribution in [3.8, 4) is 55.9 Å². The van der Waals surface area contributed by atoms with Crippen LogP contribution in [-0.4, -0.2) is 4.98 Å². The summed E-state index contributed by atoms with van der Waals surface area (Å²) in [6.07, 6.45) is 4.75. The van der Waals surface area contributed by atoms with E-state index in [1.165, 1.54) is 65.4 Å². The molecule has 0 N–H and O–H groups in total. The van der Waals surface area contributed by atoms with Gasteiger partial charge >= 0.3 is 0 Å². The van der Waals surface area contributed by atoms with Gasteiger partial charge in [0.15, 0.2) is 0 Å². The molecule has 0 saturated heterocycles. The van der Waals surface area contributed by atoms with Crippen molar-refractivity contribution in [3.63, 3.8) is 0 Å².